The van der Waals surface area contributed by atoms with Crippen LogP contribution in [0.15, 0.2) is 58.5 Å². The molecule has 2 amide bonds. The maximum absolute atomic E-state index is 12.8. The summed E-state index contributed by atoms with van der Waals surface area (Å²) in [5, 5.41) is 7.87. The zero-order valence-corrected chi connectivity index (χ0v) is 17.3. The Bertz CT molecular complexity index is 1010. The first-order valence-electron chi connectivity index (χ1n) is 8.78. The Morgan fingerprint density at radius 2 is 2.00 bits per heavy atom. The van der Waals surface area contributed by atoms with Crippen LogP contribution in [0.25, 0.3) is 0 Å². The van der Waals surface area contributed by atoms with Crippen molar-refractivity contribution in [3.05, 3.63) is 58.5 Å². The third-order valence-corrected chi connectivity index (χ3v) is 4.65. The second-order valence-electron chi connectivity index (χ2n) is 6.18. The molecular formula is C19H17BrF3N5O2. The molecule has 1 aliphatic carbocycles. The molecule has 0 spiro atoms. The third kappa shape index (κ3) is 5.72. The monoisotopic (exact) mass is 483 g/mol. The number of benzene rings is 1. The molecule has 0 bridgehead atoms. The van der Waals surface area contributed by atoms with Gasteiger partial charge in [0, 0.05) is 30.1 Å². The molecule has 0 saturated carbocycles. The number of ether oxygens (including phenoxy) is 1. The van der Waals surface area contributed by atoms with Crippen molar-refractivity contribution >= 4 is 33.5 Å². The van der Waals surface area contributed by atoms with Gasteiger partial charge in [0.15, 0.2) is 0 Å². The molecule has 0 aliphatic heterocycles. The number of nitrogens with one attached hydrogen (secondary N) is 3. The van der Waals surface area contributed by atoms with Crippen molar-refractivity contribution in [2.24, 2.45) is 0 Å². The summed E-state index contributed by atoms with van der Waals surface area (Å²) in [4.78, 5) is 20.2. The smallest absolute Gasteiger partial charge is 0.412 e. The summed E-state index contributed by atoms with van der Waals surface area (Å²) in [5.74, 6) is 1.37. The Labute approximate surface area is 178 Å². The lowest BCUT2D eigenvalue weighted by atomic mass is 10.0. The number of allylic oxidation sites excluding steroid dienone is 3. The van der Waals surface area contributed by atoms with Crippen LogP contribution in [0.2, 0.25) is 0 Å². The molecular weight excluding hydrogens is 467 g/mol. The Morgan fingerprint density at radius 3 is 2.70 bits per heavy atom. The van der Waals surface area contributed by atoms with Crippen molar-refractivity contribution in [2.45, 2.75) is 19.0 Å². The zero-order chi connectivity index (χ0) is 21.7. The van der Waals surface area contributed by atoms with Crippen LogP contribution in [0.4, 0.5) is 29.5 Å². The van der Waals surface area contributed by atoms with Gasteiger partial charge in [-0.1, -0.05) is 6.08 Å². The normalized spacial score (nSPS) is 13.8. The predicted octanol–water partition coefficient (Wildman–Crippen LogP) is 5.36. The number of carbonyl (C=O) groups is 1. The molecule has 11 heteroatoms. The van der Waals surface area contributed by atoms with Gasteiger partial charge in [0.1, 0.15) is 17.9 Å². The van der Waals surface area contributed by atoms with Crippen LogP contribution in [-0.4, -0.2) is 29.2 Å². The average Bonchev–Trinajstić information content (AvgIpc) is 2.70. The molecule has 1 aromatic carbocycles. The number of amides is 2. The van der Waals surface area contributed by atoms with Gasteiger partial charge in [0.05, 0.1) is 4.47 Å². The number of halogens is 4. The highest BCUT2D eigenvalue weighted by Gasteiger charge is 2.34. The predicted molar refractivity (Wildman–Crippen MR) is 109 cm³/mol. The molecule has 1 aromatic heterocycles. The third-order valence-electron chi connectivity index (χ3n) is 4.03. The van der Waals surface area contributed by atoms with E-state index in [-0.39, 0.29) is 18.5 Å². The van der Waals surface area contributed by atoms with Crippen LogP contribution < -0.4 is 20.7 Å². The fourth-order valence-corrected chi connectivity index (χ4v) is 3.07. The molecule has 3 rings (SSSR count). The first-order chi connectivity index (χ1) is 14.2. The van der Waals surface area contributed by atoms with Crippen LogP contribution in [0.3, 0.4) is 0 Å². The molecule has 0 atom stereocenters. The van der Waals surface area contributed by atoms with E-state index in [1.54, 1.807) is 37.4 Å². The highest BCUT2D eigenvalue weighted by Crippen LogP contribution is 2.33. The lowest BCUT2D eigenvalue weighted by Gasteiger charge is -2.17. The van der Waals surface area contributed by atoms with E-state index in [1.165, 1.54) is 6.33 Å². The lowest BCUT2D eigenvalue weighted by Crippen LogP contribution is -2.29. The van der Waals surface area contributed by atoms with E-state index in [2.05, 4.69) is 41.8 Å². The molecule has 30 heavy (non-hydrogen) atoms. The van der Waals surface area contributed by atoms with Crippen LogP contribution in [-0.2, 0) is 0 Å². The Morgan fingerprint density at radius 1 is 1.20 bits per heavy atom. The number of nitrogens with zero attached hydrogens (tertiary/aromatic N) is 2. The number of hydrogen-bond acceptors (Lipinski definition) is 5. The SMILES string of the molecule is CNc1cc(Oc2ccc(NC(=O)NC3=CCCC(C(F)(F)F)=C3)cc2Br)ncn1. The van der Waals surface area contributed by atoms with Gasteiger partial charge in [0.2, 0.25) is 5.88 Å². The van der Waals surface area contributed by atoms with E-state index in [0.29, 0.717) is 27.6 Å². The molecule has 0 fully saturated rings. The molecule has 0 radical (unpaired) electrons. The van der Waals surface area contributed by atoms with Crippen LogP contribution in [0, 0.1) is 0 Å². The van der Waals surface area contributed by atoms with Gasteiger partial charge < -0.3 is 20.7 Å². The molecule has 158 valence electrons. The number of carbonyl (C=O) groups excluding carboxylic acids is 1. The molecule has 7 nitrogen and oxygen atoms in total. The van der Waals surface area contributed by atoms with E-state index in [0.717, 1.165) is 6.08 Å². The fourth-order valence-electron chi connectivity index (χ4n) is 2.61. The Balaban J connectivity index is 1.63. The van der Waals surface area contributed by atoms with E-state index in [4.69, 9.17) is 4.74 Å². The highest BCUT2D eigenvalue weighted by atomic mass is 79.9. The standard InChI is InChI=1S/C19H17BrF3N5O2/c1-24-16-9-17(26-10-25-16)30-15-6-5-13(8-14(15)20)28-18(29)27-12-4-2-3-11(7-12)19(21,22)23/h4-10H,2-3H2,1H3,(H,24,25,26)(H2,27,28,29). The van der Waals surface area contributed by atoms with E-state index in [9.17, 15) is 18.0 Å². The van der Waals surface area contributed by atoms with Gasteiger partial charge in [-0.3, -0.25) is 0 Å². The average molecular weight is 484 g/mol. The van der Waals surface area contributed by atoms with Crippen molar-refractivity contribution in [3.8, 4) is 11.6 Å². The summed E-state index contributed by atoms with van der Waals surface area (Å²) >= 11 is 3.36. The molecule has 3 N–H and O–H groups in total. The Hall–Kier alpha value is -3.08. The van der Waals surface area contributed by atoms with E-state index >= 15 is 0 Å². The van der Waals surface area contributed by atoms with Crippen LogP contribution in [0.5, 0.6) is 11.6 Å². The quantitative estimate of drug-likeness (QED) is 0.532. The zero-order valence-electron chi connectivity index (χ0n) is 15.7. The molecule has 0 saturated heterocycles. The molecule has 1 heterocycles. The number of anilines is 2. The van der Waals surface area contributed by atoms with Crippen LogP contribution in [0.1, 0.15) is 12.8 Å². The summed E-state index contributed by atoms with van der Waals surface area (Å²) in [5.41, 5.74) is -0.147. The van der Waals surface area contributed by atoms with Gasteiger partial charge >= 0.3 is 12.2 Å². The van der Waals surface area contributed by atoms with Crippen molar-refractivity contribution < 1.29 is 22.7 Å². The summed E-state index contributed by atoms with van der Waals surface area (Å²) in [6.07, 6.45) is -0.465. The Kier molecular flexibility index (Phi) is 6.60. The lowest BCUT2D eigenvalue weighted by molar-refractivity contribution is -0.0941. The molecule has 0 unspecified atom stereocenters. The van der Waals surface area contributed by atoms with Crippen molar-refractivity contribution in [1.29, 1.82) is 0 Å². The number of alkyl halides is 3. The topological polar surface area (TPSA) is 88.2 Å². The van der Waals surface area contributed by atoms with Crippen molar-refractivity contribution in [2.75, 3.05) is 17.7 Å². The number of hydrogen-bond donors (Lipinski definition) is 3. The van der Waals surface area contributed by atoms with Gasteiger partial charge in [-0.25, -0.2) is 14.8 Å². The minimum absolute atomic E-state index is 0.104. The second-order valence-corrected chi connectivity index (χ2v) is 7.04. The van der Waals surface area contributed by atoms with Crippen molar-refractivity contribution in [3.63, 3.8) is 0 Å². The van der Waals surface area contributed by atoms with Gasteiger partial charge in [0.25, 0.3) is 0 Å². The number of rotatable bonds is 5. The van der Waals surface area contributed by atoms with Crippen molar-refractivity contribution in [1.82, 2.24) is 15.3 Å². The maximum Gasteiger partial charge on any atom is 0.412 e. The summed E-state index contributed by atoms with van der Waals surface area (Å²) in [6, 6.07) is 5.76. The summed E-state index contributed by atoms with van der Waals surface area (Å²) in [7, 11) is 1.72. The van der Waals surface area contributed by atoms with Gasteiger partial charge in [-0.2, -0.15) is 13.2 Å². The molecule has 2 aromatic rings. The van der Waals surface area contributed by atoms with Gasteiger partial charge in [-0.15, -0.1) is 0 Å². The molecule has 1 aliphatic rings. The van der Waals surface area contributed by atoms with E-state index in [1.807, 2.05) is 0 Å². The maximum atomic E-state index is 12.8. The van der Waals surface area contributed by atoms with E-state index < -0.39 is 17.8 Å². The highest BCUT2D eigenvalue weighted by molar-refractivity contribution is 9.10. The first kappa shape index (κ1) is 21.6. The first-order valence-corrected chi connectivity index (χ1v) is 9.57. The minimum atomic E-state index is -4.41. The summed E-state index contributed by atoms with van der Waals surface area (Å²) < 4.78 is 44.7. The number of urea groups is 1. The largest absolute Gasteiger partial charge is 0.438 e. The fraction of sp³-hybridized carbons (Fsp3) is 0.211. The minimum Gasteiger partial charge on any atom is -0.438 e. The number of aromatic nitrogens is 2. The second kappa shape index (κ2) is 9.16. The van der Waals surface area contributed by atoms with Crippen LogP contribution >= 0.6 is 15.9 Å². The van der Waals surface area contributed by atoms with Gasteiger partial charge in [-0.05, 0) is 53.0 Å². The summed E-state index contributed by atoms with van der Waals surface area (Å²) in [6.45, 7) is 0.